The van der Waals surface area contributed by atoms with Crippen molar-refractivity contribution in [2.24, 2.45) is 5.10 Å². The van der Waals surface area contributed by atoms with Crippen molar-refractivity contribution in [2.75, 3.05) is 7.11 Å². The molecule has 1 atom stereocenters. The van der Waals surface area contributed by atoms with Crippen molar-refractivity contribution >= 4 is 49.0 Å². The molecular formula is C24H27Br2N3O3. The number of ether oxygens (including phenoxy) is 2. The van der Waals surface area contributed by atoms with Gasteiger partial charge in [-0.3, -0.25) is 4.79 Å². The van der Waals surface area contributed by atoms with Crippen LogP contribution in [0.1, 0.15) is 52.4 Å². The molecule has 0 saturated carbocycles. The van der Waals surface area contributed by atoms with Gasteiger partial charge < -0.3 is 9.47 Å². The molecule has 0 saturated heterocycles. The number of nitrogens with zero attached hydrogens (tertiary/aromatic N) is 3. The minimum Gasteiger partial charge on any atom is -0.493 e. The fraction of sp³-hybridized carbons (Fsp3) is 0.375. The highest BCUT2D eigenvalue weighted by molar-refractivity contribution is 9.10. The van der Waals surface area contributed by atoms with Crippen LogP contribution in [0.3, 0.4) is 0 Å². The molecule has 0 aliphatic rings. The van der Waals surface area contributed by atoms with Crippen molar-refractivity contribution in [3.05, 3.63) is 61.0 Å². The molecule has 2 aromatic carbocycles. The minimum absolute atomic E-state index is 0.00947. The molecule has 0 aliphatic carbocycles. The van der Waals surface area contributed by atoms with Crippen LogP contribution in [0.5, 0.6) is 11.5 Å². The van der Waals surface area contributed by atoms with Crippen molar-refractivity contribution in [3.63, 3.8) is 0 Å². The average Bonchev–Trinajstić information content (AvgIpc) is 2.73. The number of rotatable bonds is 6. The van der Waals surface area contributed by atoms with Gasteiger partial charge in [0.05, 0.1) is 30.3 Å². The third kappa shape index (κ3) is 5.23. The van der Waals surface area contributed by atoms with E-state index in [1.54, 1.807) is 19.4 Å². The van der Waals surface area contributed by atoms with Crippen LogP contribution in [0.25, 0.3) is 10.9 Å². The molecule has 0 amide bonds. The number of aromatic nitrogens is 2. The Morgan fingerprint density at radius 2 is 1.91 bits per heavy atom. The number of hydrogen-bond acceptors (Lipinski definition) is 5. The summed E-state index contributed by atoms with van der Waals surface area (Å²) in [6.45, 7) is 10.1. The number of halogens is 2. The zero-order valence-electron chi connectivity index (χ0n) is 19.1. The van der Waals surface area contributed by atoms with E-state index in [1.807, 2.05) is 52.0 Å². The van der Waals surface area contributed by atoms with Gasteiger partial charge in [0.25, 0.3) is 5.56 Å². The smallest absolute Gasteiger partial charge is 0.282 e. The van der Waals surface area contributed by atoms with Crippen molar-refractivity contribution in [1.82, 2.24) is 9.66 Å². The monoisotopic (exact) mass is 563 g/mol. The molecule has 170 valence electrons. The number of benzene rings is 2. The zero-order valence-corrected chi connectivity index (χ0v) is 22.2. The summed E-state index contributed by atoms with van der Waals surface area (Å²) in [5.74, 6) is 1.74. The van der Waals surface area contributed by atoms with Crippen LogP contribution in [0.4, 0.5) is 0 Å². The van der Waals surface area contributed by atoms with Gasteiger partial charge in [-0.25, -0.2) is 4.98 Å². The Kier molecular flexibility index (Phi) is 7.45. The van der Waals surface area contributed by atoms with Gasteiger partial charge in [0.15, 0.2) is 11.5 Å². The first-order chi connectivity index (χ1) is 15.0. The highest BCUT2D eigenvalue weighted by atomic mass is 79.9. The highest BCUT2D eigenvalue weighted by Crippen LogP contribution is 2.35. The van der Waals surface area contributed by atoms with Crippen LogP contribution >= 0.6 is 31.9 Å². The molecule has 1 heterocycles. The van der Waals surface area contributed by atoms with Crippen LogP contribution in [0.15, 0.2) is 49.2 Å². The summed E-state index contributed by atoms with van der Waals surface area (Å²) < 4.78 is 14.7. The lowest BCUT2D eigenvalue weighted by molar-refractivity contribution is 0.207. The maximum atomic E-state index is 13.4. The molecule has 1 aromatic heterocycles. The molecule has 3 aromatic rings. The van der Waals surface area contributed by atoms with Crippen LogP contribution < -0.4 is 15.0 Å². The van der Waals surface area contributed by atoms with E-state index in [2.05, 4.69) is 43.9 Å². The predicted octanol–water partition coefficient (Wildman–Crippen LogP) is 6.29. The maximum Gasteiger partial charge on any atom is 0.282 e. The number of methoxy groups -OCH3 is 1. The van der Waals surface area contributed by atoms with Gasteiger partial charge in [-0.05, 0) is 43.7 Å². The summed E-state index contributed by atoms with van der Waals surface area (Å²) in [7, 11) is 1.60. The summed E-state index contributed by atoms with van der Waals surface area (Å²) in [5, 5.41) is 5.07. The second kappa shape index (κ2) is 9.75. The molecule has 0 radical (unpaired) electrons. The molecule has 0 N–H and O–H groups in total. The third-order valence-corrected chi connectivity index (χ3v) is 5.90. The van der Waals surface area contributed by atoms with Gasteiger partial charge in [0.1, 0.15) is 5.82 Å². The SMILES string of the molecule is CC[C@@H](C)Oc1c(C=Nn2c(C(C)(C)C)nc3ccc(Br)cc3c2=O)cc(Br)cc1OC. The van der Waals surface area contributed by atoms with Crippen LogP contribution in [-0.4, -0.2) is 29.1 Å². The van der Waals surface area contributed by atoms with E-state index in [0.717, 1.165) is 15.4 Å². The Bertz CT molecular complexity index is 1230. The maximum absolute atomic E-state index is 13.4. The molecule has 0 fully saturated rings. The molecule has 8 heteroatoms. The van der Waals surface area contributed by atoms with E-state index in [-0.39, 0.29) is 11.7 Å². The van der Waals surface area contributed by atoms with E-state index in [0.29, 0.717) is 33.8 Å². The lowest BCUT2D eigenvalue weighted by Crippen LogP contribution is -2.29. The van der Waals surface area contributed by atoms with E-state index in [9.17, 15) is 4.79 Å². The number of hydrogen-bond donors (Lipinski definition) is 0. The van der Waals surface area contributed by atoms with Crippen molar-refractivity contribution < 1.29 is 9.47 Å². The summed E-state index contributed by atoms with van der Waals surface area (Å²) in [6, 6.07) is 9.21. The lowest BCUT2D eigenvalue weighted by atomic mass is 9.95. The van der Waals surface area contributed by atoms with E-state index in [4.69, 9.17) is 14.5 Å². The topological polar surface area (TPSA) is 65.7 Å². The average molecular weight is 565 g/mol. The van der Waals surface area contributed by atoms with Crippen molar-refractivity contribution in [3.8, 4) is 11.5 Å². The molecule has 0 aliphatic heterocycles. The molecule has 3 rings (SSSR count). The molecule has 0 spiro atoms. The fourth-order valence-electron chi connectivity index (χ4n) is 3.11. The highest BCUT2D eigenvalue weighted by Gasteiger charge is 2.23. The van der Waals surface area contributed by atoms with Crippen molar-refractivity contribution in [1.29, 1.82) is 0 Å². The lowest BCUT2D eigenvalue weighted by Gasteiger charge is -2.21. The zero-order chi connectivity index (χ0) is 23.6. The summed E-state index contributed by atoms with van der Waals surface area (Å²) >= 11 is 6.95. The van der Waals surface area contributed by atoms with Crippen LogP contribution in [0, 0.1) is 0 Å². The predicted molar refractivity (Wildman–Crippen MR) is 136 cm³/mol. The summed E-state index contributed by atoms with van der Waals surface area (Å²) in [6.07, 6.45) is 2.45. The molecule has 32 heavy (non-hydrogen) atoms. The summed E-state index contributed by atoms with van der Waals surface area (Å²) in [5.41, 5.74) is 0.698. The third-order valence-electron chi connectivity index (χ3n) is 4.95. The van der Waals surface area contributed by atoms with Gasteiger partial charge in [0.2, 0.25) is 0 Å². The Hall–Kier alpha value is -2.19. The van der Waals surface area contributed by atoms with Gasteiger partial charge in [-0.15, -0.1) is 0 Å². The molecule has 0 bridgehead atoms. The van der Waals surface area contributed by atoms with E-state index >= 15 is 0 Å². The Labute approximate surface area is 204 Å². The van der Waals surface area contributed by atoms with Gasteiger partial charge >= 0.3 is 0 Å². The van der Waals surface area contributed by atoms with Gasteiger partial charge in [0, 0.05) is 19.9 Å². The van der Waals surface area contributed by atoms with Crippen LogP contribution in [-0.2, 0) is 5.41 Å². The fourth-order valence-corrected chi connectivity index (χ4v) is 3.92. The molecular weight excluding hydrogens is 538 g/mol. The number of fused-ring (bicyclic) bond motifs is 1. The molecule has 6 nitrogen and oxygen atoms in total. The first-order valence-corrected chi connectivity index (χ1v) is 11.9. The largest absolute Gasteiger partial charge is 0.493 e. The Morgan fingerprint density at radius 1 is 1.19 bits per heavy atom. The van der Waals surface area contributed by atoms with E-state index in [1.165, 1.54) is 4.68 Å². The quantitative estimate of drug-likeness (QED) is 0.330. The second-order valence-electron chi connectivity index (χ2n) is 8.57. The Balaban J connectivity index is 2.23. The van der Waals surface area contributed by atoms with Crippen molar-refractivity contribution in [2.45, 2.75) is 52.6 Å². The van der Waals surface area contributed by atoms with Gasteiger partial charge in [-0.1, -0.05) is 59.6 Å². The minimum atomic E-state index is -0.400. The van der Waals surface area contributed by atoms with Gasteiger partial charge in [-0.2, -0.15) is 9.78 Å². The first kappa shape index (κ1) is 24.5. The van der Waals surface area contributed by atoms with E-state index < -0.39 is 5.41 Å². The second-order valence-corrected chi connectivity index (χ2v) is 10.4. The summed E-state index contributed by atoms with van der Waals surface area (Å²) in [4.78, 5) is 18.2. The van der Waals surface area contributed by atoms with Crippen LogP contribution in [0.2, 0.25) is 0 Å². The Morgan fingerprint density at radius 3 is 2.53 bits per heavy atom. The molecule has 0 unspecified atom stereocenters. The normalized spacial score (nSPS) is 13.0. The standard InChI is InChI=1S/C24H27Br2N3O3/c1-7-14(2)32-21-15(10-17(26)12-20(21)31-6)13-27-29-22(30)18-11-16(25)8-9-19(18)28-23(29)24(3,4)5/h8-14H,7H2,1-6H3/t14-/m1/s1. The first-order valence-electron chi connectivity index (χ1n) is 10.4.